The maximum Gasteiger partial charge on any atom is 0.238 e. The number of morpholine rings is 1. The molecule has 1 saturated heterocycles. The van der Waals surface area contributed by atoms with Crippen molar-refractivity contribution in [3.63, 3.8) is 0 Å². The number of sulfonamides is 1. The van der Waals surface area contributed by atoms with Crippen LogP contribution < -0.4 is 15.8 Å². The average molecular weight is 446 g/mol. The van der Waals surface area contributed by atoms with Gasteiger partial charge in [-0.2, -0.15) is 0 Å². The number of guanidine groups is 1. The molecule has 0 spiro atoms. The summed E-state index contributed by atoms with van der Waals surface area (Å²) >= 11 is 0. The van der Waals surface area contributed by atoms with Gasteiger partial charge in [-0.25, -0.2) is 18.5 Å². The van der Waals surface area contributed by atoms with Crippen molar-refractivity contribution >= 4 is 16.0 Å². The summed E-state index contributed by atoms with van der Waals surface area (Å²) in [7, 11) is -3.68. The third-order valence-electron chi connectivity index (χ3n) is 5.08. The number of primary sulfonamides is 1. The van der Waals surface area contributed by atoms with Crippen LogP contribution in [0.4, 0.5) is 0 Å². The van der Waals surface area contributed by atoms with Crippen LogP contribution in [0.15, 0.2) is 58.4 Å². The Labute approximate surface area is 184 Å². The maximum absolute atomic E-state index is 11.4. The minimum Gasteiger partial charge on any atom is -0.379 e. The lowest BCUT2D eigenvalue weighted by molar-refractivity contribution is 0.0341. The lowest BCUT2D eigenvalue weighted by Crippen LogP contribution is -2.38. The molecule has 0 radical (unpaired) electrons. The monoisotopic (exact) mass is 445 g/mol. The van der Waals surface area contributed by atoms with Crippen LogP contribution >= 0.6 is 0 Å². The minimum absolute atomic E-state index is 0.0992. The predicted molar refractivity (Wildman–Crippen MR) is 122 cm³/mol. The Morgan fingerprint density at radius 3 is 2.39 bits per heavy atom. The van der Waals surface area contributed by atoms with Gasteiger partial charge in [0.15, 0.2) is 5.96 Å². The number of nitrogens with one attached hydrogen (secondary N) is 2. The molecule has 2 aromatic carbocycles. The SMILES string of the molecule is CCNC(=NCc1ccc(S(N)(=O)=O)cc1)NCc1ccccc1CN1CCOCC1. The molecule has 1 aliphatic heterocycles. The average Bonchev–Trinajstić information content (AvgIpc) is 2.77. The molecular formula is C22H31N5O3S. The van der Waals surface area contributed by atoms with Gasteiger partial charge in [-0.1, -0.05) is 36.4 Å². The summed E-state index contributed by atoms with van der Waals surface area (Å²) in [6.45, 7) is 8.24. The molecular weight excluding hydrogens is 414 g/mol. The molecule has 1 heterocycles. The van der Waals surface area contributed by atoms with E-state index in [-0.39, 0.29) is 4.90 Å². The molecule has 31 heavy (non-hydrogen) atoms. The quantitative estimate of drug-likeness (QED) is 0.419. The first-order chi connectivity index (χ1) is 15.0. The van der Waals surface area contributed by atoms with E-state index in [0.717, 1.165) is 45.0 Å². The van der Waals surface area contributed by atoms with Crippen LogP contribution in [0.3, 0.4) is 0 Å². The Bertz CT molecular complexity index is 971. The van der Waals surface area contributed by atoms with E-state index in [0.29, 0.717) is 19.0 Å². The van der Waals surface area contributed by atoms with Crippen molar-refractivity contribution < 1.29 is 13.2 Å². The molecule has 9 heteroatoms. The van der Waals surface area contributed by atoms with Gasteiger partial charge in [0, 0.05) is 32.7 Å². The van der Waals surface area contributed by atoms with Crippen LogP contribution in [0, 0.1) is 0 Å². The Kier molecular flexibility index (Phi) is 8.42. The van der Waals surface area contributed by atoms with Crippen LogP contribution in [0.2, 0.25) is 0 Å². The lowest BCUT2D eigenvalue weighted by Gasteiger charge is -2.27. The van der Waals surface area contributed by atoms with E-state index in [2.05, 4.69) is 44.8 Å². The first-order valence-electron chi connectivity index (χ1n) is 10.5. The summed E-state index contributed by atoms with van der Waals surface area (Å²) < 4.78 is 28.2. The van der Waals surface area contributed by atoms with E-state index in [1.807, 2.05) is 6.92 Å². The van der Waals surface area contributed by atoms with Crippen molar-refractivity contribution in [3.8, 4) is 0 Å². The zero-order chi connectivity index (χ0) is 22.1. The number of aliphatic imine (C=N–C) groups is 1. The minimum atomic E-state index is -3.68. The maximum atomic E-state index is 11.4. The second-order valence-electron chi connectivity index (χ2n) is 7.39. The van der Waals surface area contributed by atoms with Gasteiger partial charge < -0.3 is 15.4 Å². The molecule has 0 atom stereocenters. The Balaban J connectivity index is 1.62. The molecule has 1 aliphatic rings. The van der Waals surface area contributed by atoms with Gasteiger partial charge >= 0.3 is 0 Å². The van der Waals surface area contributed by atoms with Crippen molar-refractivity contribution in [3.05, 3.63) is 65.2 Å². The number of benzene rings is 2. The van der Waals surface area contributed by atoms with Gasteiger partial charge in [0.2, 0.25) is 10.0 Å². The highest BCUT2D eigenvalue weighted by molar-refractivity contribution is 7.89. The number of nitrogens with two attached hydrogens (primary N) is 1. The van der Waals surface area contributed by atoms with Gasteiger partial charge in [0.1, 0.15) is 0 Å². The largest absolute Gasteiger partial charge is 0.379 e. The Hall–Kier alpha value is -2.46. The standard InChI is InChI=1S/C22H31N5O3S/c1-2-24-22(25-15-18-7-9-21(10-8-18)31(23,28)29)26-16-19-5-3-4-6-20(19)17-27-11-13-30-14-12-27/h3-10H,2,11-17H2,1H3,(H2,23,28,29)(H2,24,25,26). The lowest BCUT2D eigenvalue weighted by atomic mass is 10.1. The molecule has 3 rings (SSSR count). The van der Waals surface area contributed by atoms with Crippen LogP contribution in [-0.2, 0) is 34.4 Å². The predicted octanol–water partition coefficient (Wildman–Crippen LogP) is 1.42. The van der Waals surface area contributed by atoms with Crippen LogP contribution in [-0.4, -0.2) is 52.1 Å². The van der Waals surface area contributed by atoms with Gasteiger partial charge in [0.25, 0.3) is 0 Å². The molecule has 1 fully saturated rings. The van der Waals surface area contributed by atoms with E-state index < -0.39 is 10.0 Å². The Morgan fingerprint density at radius 2 is 1.74 bits per heavy atom. The van der Waals surface area contributed by atoms with Crippen molar-refractivity contribution in [1.82, 2.24) is 15.5 Å². The third kappa shape index (κ3) is 7.32. The summed E-state index contributed by atoms with van der Waals surface area (Å²) in [5, 5.41) is 11.8. The summed E-state index contributed by atoms with van der Waals surface area (Å²) in [6.07, 6.45) is 0. The van der Waals surface area contributed by atoms with Crippen molar-refractivity contribution in [2.75, 3.05) is 32.8 Å². The van der Waals surface area contributed by atoms with Crippen LogP contribution in [0.1, 0.15) is 23.6 Å². The highest BCUT2D eigenvalue weighted by Gasteiger charge is 2.13. The second-order valence-corrected chi connectivity index (χ2v) is 8.96. The Morgan fingerprint density at radius 1 is 1.06 bits per heavy atom. The van der Waals surface area contributed by atoms with E-state index in [4.69, 9.17) is 9.88 Å². The molecule has 0 unspecified atom stereocenters. The fraction of sp³-hybridized carbons (Fsp3) is 0.409. The first-order valence-corrected chi connectivity index (χ1v) is 12.0. The topological polar surface area (TPSA) is 109 Å². The van der Waals surface area contributed by atoms with Crippen molar-refractivity contribution in [2.24, 2.45) is 10.1 Å². The van der Waals surface area contributed by atoms with Gasteiger partial charge in [-0.15, -0.1) is 0 Å². The van der Waals surface area contributed by atoms with Gasteiger partial charge in [0.05, 0.1) is 24.7 Å². The third-order valence-corrected chi connectivity index (χ3v) is 6.01. The summed E-state index contributed by atoms with van der Waals surface area (Å²) in [6, 6.07) is 14.9. The highest BCUT2D eigenvalue weighted by atomic mass is 32.2. The molecule has 8 nitrogen and oxygen atoms in total. The zero-order valence-electron chi connectivity index (χ0n) is 17.9. The smallest absolute Gasteiger partial charge is 0.238 e. The summed E-state index contributed by atoms with van der Waals surface area (Å²) in [5.74, 6) is 0.708. The molecule has 0 amide bonds. The van der Waals surface area contributed by atoms with E-state index >= 15 is 0 Å². The number of rotatable bonds is 8. The van der Waals surface area contributed by atoms with E-state index in [1.54, 1.807) is 12.1 Å². The molecule has 2 aromatic rings. The fourth-order valence-corrected chi connectivity index (χ4v) is 3.88. The molecule has 0 aliphatic carbocycles. The normalized spacial score (nSPS) is 15.6. The molecule has 0 aromatic heterocycles. The van der Waals surface area contributed by atoms with E-state index in [1.165, 1.54) is 23.3 Å². The van der Waals surface area contributed by atoms with Crippen molar-refractivity contribution in [2.45, 2.75) is 31.5 Å². The molecule has 0 bridgehead atoms. The fourth-order valence-electron chi connectivity index (χ4n) is 3.36. The molecule has 0 saturated carbocycles. The highest BCUT2D eigenvalue weighted by Crippen LogP contribution is 2.13. The molecule has 168 valence electrons. The second kappa shape index (κ2) is 11.2. The van der Waals surface area contributed by atoms with E-state index in [9.17, 15) is 8.42 Å². The number of nitrogens with zero attached hydrogens (tertiary/aromatic N) is 2. The van der Waals surface area contributed by atoms with Crippen LogP contribution in [0.25, 0.3) is 0 Å². The zero-order valence-corrected chi connectivity index (χ0v) is 18.7. The van der Waals surface area contributed by atoms with Crippen LogP contribution in [0.5, 0.6) is 0 Å². The number of hydrogen-bond donors (Lipinski definition) is 3. The molecule has 4 N–H and O–H groups in total. The number of ether oxygens (including phenoxy) is 1. The number of hydrogen-bond acceptors (Lipinski definition) is 5. The van der Waals surface area contributed by atoms with Crippen molar-refractivity contribution in [1.29, 1.82) is 0 Å². The summed E-state index contributed by atoms with van der Waals surface area (Å²) in [4.78, 5) is 7.13. The van der Waals surface area contributed by atoms with Gasteiger partial charge in [-0.05, 0) is 35.7 Å². The summed E-state index contributed by atoms with van der Waals surface area (Å²) in [5.41, 5.74) is 3.43. The first kappa shape index (κ1) is 23.2. The van der Waals surface area contributed by atoms with Gasteiger partial charge in [-0.3, -0.25) is 4.90 Å².